The summed E-state index contributed by atoms with van der Waals surface area (Å²) in [5.41, 5.74) is 1.19. The first-order chi connectivity index (χ1) is 15.7. The molecule has 172 valence electrons. The maximum Gasteiger partial charge on any atom is 0.338 e. The predicted molar refractivity (Wildman–Crippen MR) is 127 cm³/mol. The van der Waals surface area contributed by atoms with Gasteiger partial charge in [-0.05, 0) is 35.9 Å². The average Bonchev–Trinajstić information content (AvgIpc) is 2.82. The molecule has 0 saturated heterocycles. The number of benzene rings is 3. The maximum absolute atomic E-state index is 13.7. The van der Waals surface area contributed by atoms with Crippen molar-refractivity contribution in [2.45, 2.75) is 11.4 Å². The highest BCUT2D eigenvalue weighted by Crippen LogP contribution is 2.31. The van der Waals surface area contributed by atoms with E-state index in [1.807, 2.05) is 30.3 Å². The number of rotatable bonds is 8. The third-order valence-corrected chi connectivity index (χ3v) is 7.03. The molecule has 0 radical (unpaired) electrons. The zero-order valence-corrected chi connectivity index (χ0v) is 19.7. The number of para-hydroxylation sites is 1. The number of nitrogens with zero attached hydrogens (tertiary/aromatic N) is 2. The molecule has 0 spiro atoms. The van der Waals surface area contributed by atoms with Gasteiger partial charge in [0.25, 0.3) is 15.9 Å². The van der Waals surface area contributed by atoms with Crippen LogP contribution in [0.5, 0.6) is 0 Å². The second kappa shape index (κ2) is 10.5. The van der Waals surface area contributed by atoms with Crippen LogP contribution in [0.25, 0.3) is 0 Å². The fourth-order valence-electron chi connectivity index (χ4n) is 2.94. The number of carbonyl (C=O) groups is 2. The van der Waals surface area contributed by atoms with Crippen LogP contribution in [-0.2, 0) is 26.1 Å². The van der Waals surface area contributed by atoms with Crippen LogP contribution in [0, 0.1) is 0 Å². The third kappa shape index (κ3) is 5.91. The van der Waals surface area contributed by atoms with Crippen molar-refractivity contribution in [3.05, 3.63) is 95.0 Å². The molecule has 0 aromatic heterocycles. The summed E-state index contributed by atoms with van der Waals surface area (Å²) >= 11 is 6.27. The summed E-state index contributed by atoms with van der Waals surface area (Å²) in [6, 6.07) is 21.6. The molecule has 3 aromatic rings. The molecule has 9 heteroatoms. The fraction of sp³-hybridized carbons (Fsp3) is 0.167. The van der Waals surface area contributed by atoms with E-state index < -0.39 is 28.5 Å². The minimum atomic E-state index is -4.17. The molecule has 0 aliphatic rings. The first-order valence-corrected chi connectivity index (χ1v) is 11.8. The highest BCUT2D eigenvalue weighted by molar-refractivity contribution is 7.93. The average molecular weight is 487 g/mol. The van der Waals surface area contributed by atoms with Crippen molar-refractivity contribution in [2.24, 2.45) is 0 Å². The molecule has 33 heavy (non-hydrogen) atoms. The van der Waals surface area contributed by atoms with E-state index in [0.717, 1.165) is 5.56 Å². The van der Waals surface area contributed by atoms with Gasteiger partial charge in [-0.2, -0.15) is 0 Å². The van der Waals surface area contributed by atoms with Crippen molar-refractivity contribution >= 4 is 39.2 Å². The molecular weight excluding hydrogens is 464 g/mol. The molecule has 0 atom stereocenters. The fourth-order valence-corrected chi connectivity index (χ4v) is 4.90. The van der Waals surface area contributed by atoms with Crippen LogP contribution in [0.4, 0.5) is 5.69 Å². The van der Waals surface area contributed by atoms with E-state index in [1.165, 1.54) is 41.5 Å². The molecule has 0 aliphatic heterocycles. The van der Waals surface area contributed by atoms with Crippen LogP contribution in [0.1, 0.15) is 15.9 Å². The zero-order chi connectivity index (χ0) is 24.0. The molecule has 3 rings (SSSR count). The van der Waals surface area contributed by atoms with Crippen LogP contribution in [0.2, 0.25) is 5.02 Å². The zero-order valence-electron chi connectivity index (χ0n) is 18.1. The summed E-state index contributed by atoms with van der Waals surface area (Å²) in [6.07, 6.45) is 0. The number of halogens is 1. The smallest absolute Gasteiger partial charge is 0.338 e. The van der Waals surface area contributed by atoms with E-state index in [0.29, 0.717) is 5.69 Å². The Hall–Kier alpha value is -3.36. The number of sulfonamides is 1. The van der Waals surface area contributed by atoms with Crippen LogP contribution in [0.3, 0.4) is 0 Å². The second-order valence-corrected chi connectivity index (χ2v) is 9.58. The van der Waals surface area contributed by atoms with Crippen LogP contribution in [0.15, 0.2) is 83.8 Å². The van der Waals surface area contributed by atoms with Crippen molar-refractivity contribution < 1.29 is 22.7 Å². The number of hydrogen-bond acceptors (Lipinski definition) is 5. The summed E-state index contributed by atoms with van der Waals surface area (Å²) in [6.45, 7) is -0.393. The summed E-state index contributed by atoms with van der Waals surface area (Å²) in [5, 5.41) is -0.0371. The predicted octanol–water partition coefficient (Wildman–Crippen LogP) is 3.98. The SMILES string of the molecule is CN(C)C(=O)COC(=O)c1ccc(Cl)c(S(=O)(=O)N(Cc2ccccc2)c2ccccc2)c1. The number of carbonyl (C=O) groups excluding carboxylic acids is 2. The highest BCUT2D eigenvalue weighted by atomic mass is 35.5. The Morgan fingerprint density at radius 2 is 1.52 bits per heavy atom. The van der Waals surface area contributed by atoms with E-state index in [4.69, 9.17) is 16.3 Å². The molecule has 0 aliphatic carbocycles. The van der Waals surface area contributed by atoms with Gasteiger partial charge in [0.15, 0.2) is 6.61 Å². The second-order valence-electron chi connectivity index (χ2n) is 7.34. The van der Waals surface area contributed by atoms with Gasteiger partial charge in [-0.1, -0.05) is 60.1 Å². The Labute approximate surface area is 198 Å². The highest BCUT2D eigenvalue weighted by Gasteiger charge is 2.29. The standard InChI is InChI=1S/C24H23ClN2O5S/c1-26(2)23(28)17-32-24(29)19-13-14-21(25)22(15-19)33(30,31)27(20-11-7-4-8-12-20)16-18-9-5-3-6-10-18/h3-15H,16-17H2,1-2H3. The van der Waals surface area contributed by atoms with Gasteiger partial charge in [0.05, 0.1) is 22.8 Å². The Morgan fingerprint density at radius 3 is 2.12 bits per heavy atom. The van der Waals surface area contributed by atoms with Gasteiger partial charge in [0.2, 0.25) is 0 Å². The summed E-state index contributed by atoms with van der Waals surface area (Å²) in [4.78, 5) is 25.2. The molecule has 0 N–H and O–H groups in total. The van der Waals surface area contributed by atoms with Gasteiger partial charge in [0, 0.05) is 14.1 Å². The summed E-state index contributed by atoms with van der Waals surface area (Å²) in [7, 11) is -1.09. The van der Waals surface area contributed by atoms with Crippen LogP contribution >= 0.6 is 11.6 Å². The first kappa shape index (κ1) is 24.3. The lowest BCUT2D eigenvalue weighted by atomic mass is 10.2. The van der Waals surface area contributed by atoms with E-state index in [1.54, 1.807) is 30.3 Å². The lowest BCUT2D eigenvalue weighted by Gasteiger charge is -2.25. The monoisotopic (exact) mass is 486 g/mol. The molecule has 0 saturated carbocycles. The van der Waals surface area contributed by atoms with E-state index in [-0.39, 0.29) is 22.0 Å². The van der Waals surface area contributed by atoms with Gasteiger partial charge < -0.3 is 9.64 Å². The van der Waals surface area contributed by atoms with Crippen molar-refractivity contribution in [3.63, 3.8) is 0 Å². The first-order valence-electron chi connectivity index (χ1n) is 9.98. The topological polar surface area (TPSA) is 84.0 Å². The third-order valence-electron chi connectivity index (χ3n) is 4.77. The normalized spacial score (nSPS) is 11.0. The maximum atomic E-state index is 13.7. The van der Waals surface area contributed by atoms with E-state index in [2.05, 4.69) is 0 Å². The number of hydrogen-bond donors (Lipinski definition) is 0. The van der Waals surface area contributed by atoms with Gasteiger partial charge in [0.1, 0.15) is 4.90 Å². The van der Waals surface area contributed by atoms with Gasteiger partial charge in [-0.25, -0.2) is 13.2 Å². The van der Waals surface area contributed by atoms with Crippen LogP contribution in [-0.4, -0.2) is 45.9 Å². The molecule has 7 nitrogen and oxygen atoms in total. The van der Waals surface area contributed by atoms with Crippen molar-refractivity contribution in [2.75, 3.05) is 25.0 Å². The minimum Gasteiger partial charge on any atom is -0.452 e. The number of esters is 1. The lowest BCUT2D eigenvalue weighted by molar-refractivity contribution is -0.131. The van der Waals surface area contributed by atoms with Crippen LogP contribution < -0.4 is 4.31 Å². The van der Waals surface area contributed by atoms with Crippen molar-refractivity contribution in [3.8, 4) is 0 Å². The minimum absolute atomic E-state index is 0.0303. The molecule has 1 amide bonds. The Kier molecular flexibility index (Phi) is 7.73. The molecule has 0 heterocycles. The van der Waals surface area contributed by atoms with E-state index >= 15 is 0 Å². The lowest BCUT2D eigenvalue weighted by Crippen LogP contribution is -2.31. The number of amides is 1. The van der Waals surface area contributed by atoms with Crippen molar-refractivity contribution in [1.29, 1.82) is 0 Å². The Balaban J connectivity index is 1.98. The quantitative estimate of drug-likeness (QED) is 0.450. The summed E-state index contributed by atoms with van der Waals surface area (Å²) < 4.78 is 33.7. The van der Waals surface area contributed by atoms with Gasteiger partial charge in [-0.15, -0.1) is 0 Å². The van der Waals surface area contributed by atoms with Gasteiger partial charge in [-0.3, -0.25) is 9.10 Å². The Morgan fingerprint density at radius 1 is 0.909 bits per heavy atom. The summed E-state index contributed by atoms with van der Waals surface area (Å²) in [5.74, 6) is -1.23. The number of likely N-dealkylation sites (N-methyl/N-ethyl adjacent to an activating group) is 1. The molecule has 0 unspecified atom stereocenters. The molecular formula is C24H23ClN2O5S. The molecule has 0 bridgehead atoms. The number of anilines is 1. The largest absolute Gasteiger partial charge is 0.452 e. The van der Waals surface area contributed by atoms with Gasteiger partial charge >= 0.3 is 5.97 Å². The van der Waals surface area contributed by atoms with E-state index in [9.17, 15) is 18.0 Å². The number of ether oxygens (including phenoxy) is 1. The molecule has 0 fully saturated rings. The molecule has 3 aromatic carbocycles. The van der Waals surface area contributed by atoms with Crippen molar-refractivity contribution in [1.82, 2.24) is 4.90 Å². The Bertz CT molecular complexity index is 1230.